The van der Waals surface area contributed by atoms with Crippen LogP contribution in [-0.2, 0) is 10.1 Å². The zero-order valence-corrected chi connectivity index (χ0v) is 20.6. The number of ether oxygens (including phenoxy) is 3. The molecule has 1 amide bonds. The molecule has 3 aromatic rings. The van der Waals surface area contributed by atoms with E-state index >= 15 is 0 Å². The smallest absolute Gasteiger partial charge is 0.339 e. The van der Waals surface area contributed by atoms with E-state index < -0.39 is 16.0 Å². The highest BCUT2D eigenvalue weighted by Crippen LogP contribution is 2.31. The van der Waals surface area contributed by atoms with Crippen LogP contribution in [0.15, 0.2) is 70.7 Å². The van der Waals surface area contributed by atoms with Gasteiger partial charge in [-0.25, -0.2) is 5.43 Å². The average Bonchev–Trinajstić information content (AvgIpc) is 2.85. The van der Waals surface area contributed by atoms with Gasteiger partial charge >= 0.3 is 10.1 Å². The Morgan fingerprint density at radius 1 is 0.914 bits per heavy atom. The largest absolute Gasteiger partial charge is 0.493 e. The predicted molar refractivity (Wildman–Crippen MR) is 131 cm³/mol. The number of hydrogen-bond acceptors (Lipinski definition) is 8. The van der Waals surface area contributed by atoms with Crippen LogP contribution in [0.5, 0.6) is 23.0 Å². The van der Waals surface area contributed by atoms with Gasteiger partial charge in [0, 0.05) is 5.56 Å². The number of carbonyl (C=O) groups excluding carboxylic acids is 1. The van der Waals surface area contributed by atoms with E-state index in [0.29, 0.717) is 29.2 Å². The fraction of sp³-hybridized carbons (Fsp3) is 0.200. The lowest BCUT2D eigenvalue weighted by Gasteiger charge is -2.11. The number of benzene rings is 3. The first kappa shape index (κ1) is 25.6. The quantitative estimate of drug-likeness (QED) is 0.256. The van der Waals surface area contributed by atoms with Crippen molar-refractivity contribution in [1.29, 1.82) is 0 Å². The molecule has 9 nitrogen and oxygen atoms in total. The molecule has 35 heavy (non-hydrogen) atoms. The Bertz CT molecular complexity index is 1320. The van der Waals surface area contributed by atoms with Crippen molar-refractivity contribution in [2.45, 2.75) is 18.7 Å². The second-order valence-electron chi connectivity index (χ2n) is 7.26. The maximum Gasteiger partial charge on any atom is 0.339 e. The van der Waals surface area contributed by atoms with Crippen LogP contribution in [0.4, 0.5) is 0 Å². The SMILES string of the molecule is CCOc1cc(C(=O)NN=Cc2ccc(OS(=O)(=O)c3ccc(C)cc3)c(OC)c2)ccc1OC. The molecule has 0 bridgehead atoms. The first-order valence-corrected chi connectivity index (χ1v) is 12.0. The van der Waals surface area contributed by atoms with Crippen LogP contribution in [0.3, 0.4) is 0 Å². The Labute approximate surface area is 204 Å². The minimum Gasteiger partial charge on any atom is -0.493 e. The van der Waals surface area contributed by atoms with Gasteiger partial charge in [0.2, 0.25) is 0 Å². The highest BCUT2D eigenvalue weighted by molar-refractivity contribution is 7.87. The fourth-order valence-electron chi connectivity index (χ4n) is 3.02. The van der Waals surface area contributed by atoms with Gasteiger partial charge in [-0.2, -0.15) is 13.5 Å². The summed E-state index contributed by atoms with van der Waals surface area (Å²) >= 11 is 0. The molecule has 0 saturated heterocycles. The molecule has 0 unspecified atom stereocenters. The standard InChI is InChI=1S/C25H26N2O7S/c1-5-33-24-15-19(9-13-21(24)31-3)25(28)27-26-16-18-8-12-22(23(14-18)32-4)34-35(29,30)20-10-6-17(2)7-11-20/h6-16H,5H2,1-4H3,(H,27,28). The average molecular weight is 499 g/mol. The third kappa shape index (κ3) is 6.51. The van der Waals surface area contributed by atoms with Gasteiger partial charge in [0.25, 0.3) is 5.91 Å². The molecule has 1 N–H and O–H groups in total. The predicted octanol–water partition coefficient (Wildman–Crippen LogP) is 3.94. The third-order valence-corrected chi connectivity index (χ3v) is 6.05. The van der Waals surface area contributed by atoms with E-state index in [4.69, 9.17) is 18.4 Å². The molecule has 0 heterocycles. The van der Waals surface area contributed by atoms with Crippen LogP contribution in [0.25, 0.3) is 0 Å². The molecule has 0 aliphatic rings. The molecule has 0 aliphatic carbocycles. The highest BCUT2D eigenvalue weighted by Gasteiger charge is 2.19. The van der Waals surface area contributed by atoms with Gasteiger partial charge in [-0.15, -0.1) is 0 Å². The summed E-state index contributed by atoms with van der Waals surface area (Å²) in [6.07, 6.45) is 1.39. The van der Waals surface area contributed by atoms with Gasteiger partial charge < -0.3 is 18.4 Å². The van der Waals surface area contributed by atoms with Gasteiger partial charge in [0.05, 0.1) is 27.0 Å². The molecule has 3 aromatic carbocycles. The topological polar surface area (TPSA) is 113 Å². The van der Waals surface area contributed by atoms with E-state index in [-0.39, 0.29) is 16.4 Å². The van der Waals surface area contributed by atoms with Crippen LogP contribution in [0.2, 0.25) is 0 Å². The molecular weight excluding hydrogens is 472 g/mol. The molecule has 0 fully saturated rings. The third-order valence-electron chi connectivity index (χ3n) is 4.80. The fourth-order valence-corrected chi connectivity index (χ4v) is 3.96. The number of amides is 1. The molecule has 184 valence electrons. The molecule has 0 atom stereocenters. The number of hydrazone groups is 1. The lowest BCUT2D eigenvalue weighted by molar-refractivity contribution is 0.0954. The van der Waals surface area contributed by atoms with E-state index in [1.165, 1.54) is 44.7 Å². The van der Waals surface area contributed by atoms with Crippen LogP contribution < -0.4 is 23.8 Å². The summed E-state index contributed by atoms with van der Waals surface area (Å²) in [5.41, 5.74) is 4.26. The van der Waals surface area contributed by atoms with Crippen molar-refractivity contribution in [1.82, 2.24) is 5.43 Å². The maximum atomic E-state index is 12.6. The molecule has 10 heteroatoms. The van der Waals surface area contributed by atoms with Crippen LogP contribution in [0.1, 0.15) is 28.4 Å². The zero-order valence-electron chi connectivity index (χ0n) is 19.8. The van der Waals surface area contributed by atoms with E-state index in [0.717, 1.165) is 5.56 Å². The first-order valence-electron chi connectivity index (χ1n) is 10.6. The van der Waals surface area contributed by atoms with Gasteiger partial charge in [-0.3, -0.25) is 4.79 Å². The molecule has 0 aliphatic heterocycles. The maximum absolute atomic E-state index is 12.6. The van der Waals surface area contributed by atoms with Crippen molar-refractivity contribution in [2.75, 3.05) is 20.8 Å². The van der Waals surface area contributed by atoms with E-state index in [1.54, 1.807) is 36.4 Å². The number of rotatable bonds is 10. The number of nitrogens with one attached hydrogen (secondary N) is 1. The van der Waals surface area contributed by atoms with Crippen molar-refractivity contribution in [3.05, 3.63) is 77.4 Å². The summed E-state index contributed by atoms with van der Waals surface area (Å²) in [6.45, 7) is 4.12. The van der Waals surface area contributed by atoms with Crippen molar-refractivity contribution >= 4 is 22.2 Å². The number of carbonyl (C=O) groups is 1. The van der Waals surface area contributed by atoms with Crippen molar-refractivity contribution in [3.8, 4) is 23.0 Å². The number of methoxy groups -OCH3 is 2. The summed E-state index contributed by atoms with van der Waals surface area (Å²) in [7, 11) is -1.13. The van der Waals surface area contributed by atoms with E-state index in [1.807, 2.05) is 13.8 Å². The van der Waals surface area contributed by atoms with Crippen molar-refractivity contribution < 1.29 is 31.6 Å². The first-order chi connectivity index (χ1) is 16.8. The second kappa shape index (κ2) is 11.4. The normalized spacial score (nSPS) is 11.2. The lowest BCUT2D eigenvalue weighted by atomic mass is 10.2. The summed E-state index contributed by atoms with van der Waals surface area (Å²) in [5.74, 6) is 0.739. The zero-order chi connectivity index (χ0) is 25.4. The summed E-state index contributed by atoms with van der Waals surface area (Å²) in [6, 6.07) is 15.7. The Kier molecular flexibility index (Phi) is 8.32. The molecular formula is C25H26N2O7S. The second-order valence-corrected chi connectivity index (χ2v) is 8.80. The number of hydrogen-bond donors (Lipinski definition) is 1. The molecule has 3 rings (SSSR count). The molecule has 0 spiro atoms. The monoisotopic (exact) mass is 498 g/mol. The molecule has 0 radical (unpaired) electrons. The Morgan fingerprint density at radius 2 is 1.60 bits per heavy atom. The molecule has 0 saturated carbocycles. The van der Waals surface area contributed by atoms with Gasteiger partial charge in [0.1, 0.15) is 4.90 Å². The van der Waals surface area contributed by atoms with Gasteiger partial charge in [-0.1, -0.05) is 17.7 Å². The van der Waals surface area contributed by atoms with Crippen LogP contribution in [-0.4, -0.2) is 41.4 Å². The Morgan fingerprint density at radius 3 is 2.26 bits per heavy atom. The van der Waals surface area contributed by atoms with Crippen LogP contribution >= 0.6 is 0 Å². The number of nitrogens with zero attached hydrogens (tertiary/aromatic N) is 1. The Hall–Kier alpha value is -4.05. The van der Waals surface area contributed by atoms with Crippen molar-refractivity contribution in [2.24, 2.45) is 5.10 Å². The minimum absolute atomic E-state index is 0.0240. The minimum atomic E-state index is -4.04. The van der Waals surface area contributed by atoms with E-state index in [2.05, 4.69) is 10.5 Å². The summed E-state index contributed by atoms with van der Waals surface area (Å²) in [5, 5.41) is 3.96. The van der Waals surface area contributed by atoms with Crippen LogP contribution in [0, 0.1) is 6.92 Å². The summed E-state index contributed by atoms with van der Waals surface area (Å²) < 4.78 is 46.4. The highest BCUT2D eigenvalue weighted by atomic mass is 32.2. The van der Waals surface area contributed by atoms with Gasteiger partial charge in [0.15, 0.2) is 23.0 Å². The molecule has 0 aromatic heterocycles. The van der Waals surface area contributed by atoms with E-state index in [9.17, 15) is 13.2 Å². The lowest BCUT2D eigenvalue weighted by Crippen LogP contribution is -2.17. The summed E-state index contributed by atoms with van der Waals surface area (Å²) in [4.78, 5) is 12.5. The Balaban J connectivity index is 1.71. The van der Waals surface area contributed by atoms with Crippen molar-refractivity contribution in [3.63, 3.8) is 0 Å². The van der Waals surface area contributed by atoms with Gasteiger partial charge in [-0.05, 0) is 67.9 Å². The number of aryl methyl sites for hydroxylation is 1.